The predicted octanol–water partition coefficient (Wildman–Crippen LogP) is 4.75. The molecule has 3 heterocycles. The first kappa shape index (κ1) is 28.2. The number of para-hydroxylation sites is 1. The number of aromatic nitrogens is 2. The van der Waals surface area contributed by atoms with Crippen molar-refractivity contribution in [1.82, 2.24) is 9.13 Å². The Morgan fingerprint density at radius 3 is 2.44 bits per heavy atom. The van der Waals surface area contributed by atoms with Crippen LogP contribution in [0.4, 0.5) is 0 Å². The fraction of sp³-hybridized carbons (Fsp3) is 0.206. The molecular formula is C34H31N3O5S. The van der Waals surface area contributed by atoms with Crippen LogP contribution in [0.5, 0.6) is 11.5 Å². The summed E-state index contributed by atoms with van der Waals surface area (Å²) in [6.07, 6.45) is 1.93. The van der Waals surface area contributed by atoms with Gasteiger partial charge in [-0.25, -0.2) is 9.79 Å². The van der Waals surface area contributed by atoms with Gasteiger partial charge >= 0.3 is 5.97 Å². The predicted molar refractivity (Wildman–Crippen MR) is 168 cm³/mol. The minimum atomic E-state index is -0.818. The summed E-state index contributed by atoms with van der Waals surface area (Å²) in [4.78, 5) is 33.5. The van der Waals surface area contributed by atoms with Crippen LogP contribution in [0.3, 0.4) is 0 Å². The van der Waals surface area contributed by atoms with Crippen molar-refractivity contribution in [2.24, 2.45) is 12.0 Å². The van der Waals surface area contributed by atoms with Crippen LogP contribution in [0.25, 0.3) is 22.7 Å². The molecule has 0 N–H and O–H groups in total. The van der Waals surface area contributed by atoms with Crippen LogP contribution in [0.15, 0.2) is 88.2 Å². The molecule has 1 aliphatic rings. The fourth-order valence-electron chi connectivity index (χ4n) is 5.64. The summed E-state index contributed by atoms with van der Waals surface area (Å²) in [7, 11) is 5.13. The van der Waals surface area contributed by atoms with Crippen molar-refractivity contribution in [3.8, 4) is 11.5 Å². The SMILES string of the molecule is CCOC(=O)C1=C(c2ccccc2)N=c2s/c(=C/c3c(C)n(C)c4ccccc34)c(=O)n2[C@@H]1c1ccc(OC)c(OC)c1. The van der Waals surface area contributed by atoms with Gasteiger partial charge in [-0.05, 0) is 43.7 Å². The van der Waals surface area contributed by atoms with Crippen molar-refractivity contribution in [1.29, 1.82) is 0 Å². The summed E-state index contributed by atoms with van der Waals surface area (Å²) in [6, 6.07) is 22.2. The number of carbonyl (C=O) groups excluding carboxylic acids is 1. The first-order valence-electron chi connectivity index (χ1n) is 13.9. The number of benzene rings is 3. The number of fused-ring (bicyclic) bond motifs is 2. The first-order chi connectivity index (χ1) is 20.9. The smallest absolute Gasteiger partial charge is 0.338 e. The average molecular weight is 594 g/mol. The first-order valence-corrected chi connectivity index (χ1v) is 14.7. The number of hydrogen-bond donors (Lipinski definition) is 0. The van der Waals surface area contributed by atoms with Gasteiger partial charge in [0.05, 0.1) is 42.7 Å². The Kier molecular flexibility index (Phi) is 7.50. The number of aryl methyl sites for hydroxylation is 1. The Morgan fingerprint density at radius 1 is 1.00 bits per heavy atom. The molecule has 8 nitrogen and oxygen atoms in total. The molecule has 3 aromatic carbocycles. The number of ether oxygens (including phenoxy) is 3. The van der Waals surface area contributed by atoms with E-state index in [1.165, 1.54) is 11.3 Å². The number of methoxy groups -OCH3 is 2. The van der Waals surface area contributed by atoms with E-state index < -0.39 is 12.0 Å². The Labute approximate surface area is 252 Å². The summed E-state index contributed by atoms with van der Waals surface area (Å²) >= 11 is 1.30. The zero-order valence-corrected chi connectivity index (χ0v) is 25.4. The topological polar surface area (TPSA) is 84.1 Å². The van der Waals surface area contributed by atoms with Gasteiger partial charge in [-0.15, -0.1) is 0 Å². The van der Waals surface area contributed by atoms with Gasteiger partial charge in [0.2, 0.25) is 0 Å². The van der Waals surface area contributed by atoms with Crippen molar-refractivity contribution < 1.29 is 19.0 Å². The van der Waals surface area contributed by atoms with Crippen LogP contribution in [0, 0.1) is 6.92 Å². The monoisotopic (exact) mass is 593 g/mol. The van der Waals surface area contributed by atoms with E-state index in [1.807, 2.05) is 68.6 Å². The highest BCUT2D eigenvalue weighted by atomic mass is 32.1. The highest BCUT2D eigenvalue weighted by Gasteiger charge is 2.35. The van der Waals surface area contributed by atoms with Crippen molar-refractivity contribution >= 4 is 40.0 Å². The van der Waals surface area contributed by atoms with Gasteiger partial charge in [-0.3, -0.25) is 9.36 Å². The lowest BCUT2D eigenvalue weighted by molar-refractivity contribution is -0.138. The number of hydrogen-bond acceptors (Lipinski definition) is 7. The third kappa shape index (κ3) is 4.75. The Morgan fingerprint density at radius 2 is 1.72 bits per heavy atom. The quantitative estimate of drug-likeness (QED) is 0.254. The van der Waals surface area contributed by atoms with Gasteiger partial charge in [0.25, 0.3) is 5.56 Å². The number of thiazole rings is 1. The second-order valence-corrected chi connectivity index (χ2v) is 11.1. The van der Waals surface area contributed by atoms with Gasteiger partial charge in [-0.1, -0.05) is 65.9 Å². The van der Waals surface area contributed by atoms with Crippen molar-refractivity contribution in [2.45, 2.75) is 19.9 Å². The standard InChI is InChI=1S/C34H31N3O5S/c1-6-42-33(39)29-30(21-12-8-7-9-13-21)35-34-37(31(29)22-16-17-26(40-4)27(18-22)41-5)32(38)28(43-34)19-24-20(2)36(3)25-15-11-10-14-23(24)25/h7-19,31H,6H2,1-5H3/b28-19+/t31-/m1/s1. The minimum Gasteiger partial charge on any atom is -0.493 e. The highest BCUT2D eigenvalue weighted by molar-refractivity contribution is 7.07. The van der Waals surface area contributed by atoms with Gasteiger partial charge in [0, 0.05) is 34.8 Å². The van der Waals surface area contributed by atoms with Crippen molar-refractivity contribution in [2.75, 3.05) is 20.8 Å². The van der Waals surface area contributed by atoms with Gasteiger partial charge in [0.1, 0.15) is 0 Å². The lowest BCUT2D eigenvalue weighted by Crippen LogP contribution is -2.40. The molecule has 43 heavy (non-hydrogen) atoms. The van der Waals surface area contributed by atoms with E-state index >= 15 is 0 Å². The van der Waals surface area contributed by atoms with E-state index in [0.717, 1.165) is 27.7 Å². The number of rotatable bonds is 7. The Hall–Kier alpha value is -4.89. The average Bonchev–Trinajstić information content (AvgIpc) is 3.48. The summed E-state index contributed by atoms with van der Waals surface area (Å²) in [5, 5.41) is 1.06. The Bertz CT molecular complexity index is 2090. The molecule has 0 spiro atoms. The zero-order chi connectivity index (χ0) is 30.2. The summed E-state index contributed by atoms with van der Waals surface area (Å²) in [6.45, 7) is 3.98. The molecule has 0 bridgehead atoms. The molecular weight excluding hydrogens is 562 g/mol. The fourth-order valence-corrected chi connectivity index (χ4v) is 6.62. The number of nitrogens with zero attached hydrogens (tertiary/aromatic N) is 3. The van der Waals surface area contributed by atoms with Crippen LogP contribution in [0.2, 0.25) is 0 Å². The normalized spacial score (nSPS) is 14.9. The van der Waals surface area contributed by atoms with E-state index in [2.05, 4.69) is 16.7 Å². The van der Waals surface area contributed by atoms with E-state index in [9.17, 15) is 9.59 Å². The lowest BCUT2D eigenvalue weighted by atomic mass is 9.93. The molecule has 218 valence electrons. The van der Waals surface area contributed by atoms with Crippen LogP contribution < -0.4 is 24.4 Å². The third-order valence-corrected chi connectivity index (χ3v) is 8.80. The van der Waals surface area contributed by atoms with Gasteiger partial charge < -0.3 is 18.8 Å². The molecule has 5 aromatic rings. The molecule has 2 aromatic heterocycles. The molecule has 9 heteroatoms. The van der Waals surface area contributed by atoms with E-state index in [-0.39, 0.29) is 17.7 Å². The third-order valence-electron chi connectivity index (χ3n) is 7.82. The molecule has 0 aliphatic carbocycles. The summed E-state index contributed by atoms with van der Waals surface area (Å²) in [5.74, 6) is 0.481. The number of carbonyl (C=O) groups is 1. The molecule has 0 unspecified atom stereocenters. The Balaban J connectivity index is 1.68. The maximum Gasteiger partial charge on any atom is 0.338 e. The molecule has 0 saturated heterocycles. The lowest BCUT2D eigenvalue weighted by Gasteiger charge is -2.26. The minimum absolute atomic E-state index is 0.174. The number of esters is 1. The maximum atomic E-state index is 14.3. The molecule has 1 aliphatic heterocycles. The van der Waals surface area contributed by atoms with Crippen LogP contribution in [0.1, 0.15) is 35.3 Å². The summed E-state index contributed by atoms with van der Waals surface area (Å²) in [5.41, 5.74) is 5.01. The van der Waals surface area contributed by atoms with Gasteiger partial charge in [0.15, 0.2) is 16.3 Å². The molecule has 6 rings (SSSR count). The van der Waals surface area contributed by atoms with Crippen LogP contribution in [-0.4, -0.2) is 35.9 Å². The molecule has 1 atom stereocenters. The second-order valence-electron chi connectivity index (χ2n) is 10.1. The van der Waals surface area contributed by atoms with Gasteiger partial charge in [-0.2, -0.15) is 0 Å². The zero-order valence-electron chi connectivity index (χ0n) is 24.6. The maximum absolute atomic E-state index is 14.3. The van der Waals surface area contributed by atoms with Crippen molar-refractivity contribution in [3.63, 3.8) is 0 Å². The van der Waals surface area contributed by atoms with Crippen LogP contribution in [-0.2, 0) is 16.6 Å². The largest absolute Gasteiger partial charge is 0.493 e. The molecule has 0 amide bonds. The summed E-state index contributed by atoms with van der Waals surface area (Å²) < 4.78 is 20.9. The van der Waals surface area contributed by atoms with Crippen molar-refractivity contribution in [3.05, 3.63) is 120 Å². The molecule has 0 saturated carbocycles. The highest BCUT2D eigenvalue weighted by Crippen LogP contribution is 2.38. The van der Waals surface area contributed by atoms with E-state index in [4.69, 9.17) is 19.2 Å². The van der Waals surface area contributed by atoms with Crippen LogP contribution >= 0.6 is 11.3 Å². The van der Waals surface area contributed by atoms with E-state index in [0.29, 0.717) is 32.1 Å². The molecule has 0 fully saturated rings. The van der Waals surface area contributed by atoms with E-state index in [1.54, 1.807) is 37.8 Å². The second kappa shape index (κ2) is 11.4. The molecule has 0 radical (unpaired) electrons.